The van der Waals surface area contributed by atoms with Gasteiger partial charge in [0, 0.05) is 6.54 Å². The second-order valence-corrected chi connectivity index (χ2v) is 2.48. The summed E-state index contributed by atoms with van der Waals surface area (Å²) in [5.41, 5.74) is 2.18. The summed E-state index contributed by atoms with van der Waals surface area (Å²) in [7, 11) is 0. The van der Waals surface area contributed by atoms with Crippen LogP contribution in [0.2, 0.25) is 0 Å². The third-order valence-corrected chi connectivity index (χ3v) is 1.76. The van der Waals surface area contributed by atoms with Gasteiger partial charge in [0.2, 0.25) is 0 Å². The highest BCUT2D eigenvalue weighted by molar-refractivity contribution is 5.62. The average molecular weight is 149 g/mol. The first-order valence-corrected chi connectivity index (χ1v) is 3.65. The molecular formula is C7H9N4. The number of rotatable bonds is 1. The zero-order chi connectivity index (χ0) is 7.52. The van der Waals surface area contributed by atoms with Crippen LogP contribution in [0.1, 0.15) is 12.1 Å². The van der Waals surface area contributed by atoms with Crippen LogP contribution in [0.5, 0.6) is 0 Å². The maximum Gasteiger partial charge on any atom is 0.142 e. The van der Waals surface area contributed by atoms with Crippen LogP contribution < -0.4 is 5.32 Å². The number of aromatic nitrogens is 3. The van der Waals surface area contributed by atoms with Crippen LogP contribution >= 0.6 is 0 Å². The number of aromatic amines is 1. The molecule has 1 radical (unpaired) electrons. The fourth-order valence-electron chi connectivity index (χ4n) is 1.17. The van der Waals surface area contributed by atoms with Crippen molar-refractivity contribution in [3.63, 3.8) is 0 Å². The maximum atomic E-state index is 3.61. The molecule has 0 atom stereocenters. The quantitative estimate of drug-likeness (QED) is 0.590. The molecule has 0 amide bonds. The monoisotopic (exact) mass is 149 g/mol. The molecule has 0 saturated heterocycles. The van der Waals surface area contributed by atoms with E-state index in [2.05, 4.69) is 33.0 Å². The van der Waals surface area contributed by atoms with Gasteiger partial charge in [-0.25, -0.2) is 0 Å². The minimum absolute atomic E-state index is 0.923. The van der Waals surface area contributed by atoms with Crippen LogP contribution in [0.4, 0.5) is 0 Å². The minimum Gasteiger partial charge on any atom is -0.313 e. The van der Waals surface area contributed by atoms with Gasteiger partial charge in [0.15, 0.2) is 0 Å². The molecule has 0 unspecified atom stereocenters. The summed E-state index contributed by atoms with van der Waals surface area (Å²) >= 11 is 0. The summed E-state index contributed by atoms with van der Waals surface area (Å²) in [4.78, 5) is 0. The minimum atomic E-state index is 0.923. The molecule has 4 nitrogen and oxygen atoms in total. The molecule has 0 bridgehead atoms. The van der Waals surface area contributed by atoms with E-state index in [-0.39, 0.29) is 0 Å². The Bertz CT molecular complexity index is 249. The third-order valence-electron chi connectivity index (χ3n) is 1.76. The van der Waals surface area contributed by atoms with Crippen molar-refractivity contribution in [2.24, 2.45) is 0 Å². The number of H-pyrrole nitrogens is 1. The molecule has 1 aliphatic rings. The average Bonchev–Trinajstić information content (AvgIpc) is 2.58. The second kappa shape index (κ2) is 2.84. The van der Waals surface area contributed by atoms with Crippen LogP contribution in [0.25, 0.3) is 5.57 Å². The van der Waals surface area contributed by atoms with Crippen LogP contribution in [-0.4, -0.2) is 28.5 Å². The predicted molar refractivity (Wildman–Crippen MR) is 40.7 cm³/mol. The lowest BCUT2D eigenvalue weighted by Gasteiger charge is -2.10. The topological polar surface area (TPSA) is 53.6 Å². The molecule has 2 heterocycles. The van der Waals surface area contributed by atoms with Crippen molar-refractivity contribution >= 4 is 5.57 Å². The Morgan fingerprint density at radius 1 is 1.55 bits per heavy atom. The van der Waals surface area contributed by atoms with Crippen molar-refractivity contribution in [3.05, 3.63) is 18.0 Å². The standard InChI is InChI=1S/C7H9N4/c1-3-8-4-2-6(1)7-5-9-11-10-7/h1,8H,2-4H2,(H,9,10,11). The largest absolute Gasteiger partial charge is 0.313 e. The lowest BCUT2D eigenvalue weighted by Crippen LogP contribution is -2.20. The Hall–Kier alpha value is -1.16. The Balaban J connectivity index is 2.22. The number of hydrogen-bond donors (Lipinski definition) is 2. The first-order valence-electron chi connectivity index (χ1n) is 3.65. The van der Waals surface area contributed by atoms with Gasteiger partial charge < -0.3 is 5.32 Å². The van der Waals surface area contributed by atoms with Crippen molar-refractivity contribution in [1.82, 2.24) is 20.7 Å². The molecule has 0 fully saturated rings. The van der Waals surface area contributed by atoms with Gasteiger partial charge in [-0.15, -0.1) is 5.10 Å². The van der Waals surface area contributed by atoms with Gasteiger partial charge in [0.05, 0.1) is 5.69 Å². The fourth-order valence-corrected chi connectivity index (χ4v) is 1.17. The number of nitrogens with zero attached hydrogens (tertiary/aromatic N) is 2. The van der Waals surface area contributed by atoms with Crippen molar-refractivity contribution in [1.29, 1.82) is 0 Å². The molecule has 2 N–H and O–H groups in total. The Kier molecular flexibility index (Phi) is 1.69. The van der Waals surface area contributed by atoms with Crippen LogP contribution in [0.3, 0.4) is 0 Å². The van der Waals surface area contributed by atoms with Crippen molar-refractivity contribution in [2.75, 3.05) is 13.1 Å². The lowest BCUT2D eigenvalue weighted by atomic mass is 10.1. The van der Waals surface area contributed by atoms with E-state index in [1.165, 1.54) is 5.57 Å². The van der Waals surface area contributed by atoms with Gasteiger partial charge in [-0.05, 0) is 18.5 Å². The van der Waals surface area contributed by atoms with E-state index in [4.69, 9.17) is 0 Å². The van der Waals surface area contributed by atoms with Gasteiger partial charge in [-0.2, -0.15) is 0 Å². The van der Waals surface area contributed by atoms with E-state index >= 15 is 0 Å². The molecule has 2 rings (SSSR count). The van der Waals surface area contributed by atoms with Gasteiger partial charge in [-0.3, -0.25) is 5.10 Å². The fraction of sp³-hybridized carbons (Fsp3) is 0.429. The molecular weight excluding hydrogens is 140 g/mol. The molecule has 0 spiro atoms. The number of nitrogens with one attached hydrogen (secondary N) is 2. The van der Waals surface area contributed by atoms with Crippen LogP contribution in [0.15, 0.2) is 6.08 Å². The Morgan fingerprint density at radius 3 is 3.18 bits per heavy atom. The van der Waals surface area contributed by atoms with Gasteiger partial charge in [-0.1, -0.05) is 11.3 Å². The van der Waals surface area contributed by atoms with E-state index in [0.29, 0.717) is 0 Å². The molecule has 0 aromatic carbocycles. The normalized spacial score (nSPS) is 18.0. The van der Waals surface area contributed by atoms with Crippen molar-refractivity contribution in [3.8, 4) is 0 Å². The summed E-state index contributed by atoms with van der Waals surface area (Å²) in [6.45, 7) is 1.96. The summed E-state index contributed by atoms with van der Waals surface area (Å²) in [6.07, 6.45) is 5.96. The van der Waals surface area contributed by atoms with Crippen molar-refractivity contribution in [2.45, 2.75) is 6.42 Å². The highest BCUT2D eigenvalue weighted by Crippen LogP contribution is 2.14. The van der Waals surface area contributed by atoms with Crippen LogP contribution in [-0.2, 0) is 0 Å². The SMILES string of the molecule is [c]1nn[nH]c1C1=CCNCC1. The van der Waals surface area contributed by atoms with E-state index in [1.54, 1.807) is 0 Å². The Morgan fingerprint density at radius 2 is 2.55 bits per heavy atom. The Labute approximate surface area is 64.7 Å². The molecule has 11 heavy (non-hydrogen) atoms. The first kappa shape index (κ1) is 6.54. The van der Waals surface area contributed by atoms with Crippen LogP contribution in [0, 0.1) is 6.20 Å². The van der Waals surface area contributed by atoms with Crippen molar-refractivity contribution < 1.29 is 0 Å². The van der Waals surface area contributed by atoms with E-state index in [0.717, 1.165) is 25.2 Å². The molecule has 0 saturated carbocycles. The smallest absolute Gasteiger partial charge is 0.142 e. The lowest BCUT2D eigenvalue weighted by molar-refractivity contribution is 0.736. The molecule has 1 aromatic heterocycles. The second-order valence-electron chi connectivity index (χ2n) is 2.48. The summed E-state index contributed by atoms with van der Waals surface area (Å²) in [5.74, 6) is 0. The molecule has 0 aliphatic carbocycles. The maximum absolute atomic E-state index is 3.61. The first-order chi connectivity index (χ1) is 5.47. The highest BCUT2D eigenvalue weighted by atomic mass is 15.3. The molecule has 1 aliphatic heterocycles. The van der Waals surface area contributed by atoms with Gasteiger partial charge in [0.25, 0.3) is 0 Å². The highest BCUT2D eigenvalue weighted by Gasteiger charge is 2.06. The zero-order valence-corrected chi connectivity index (χ0v) is 6.09. The summed E-state index contributed by atoms with van der Waals surface area (Å²) in [6, 6.07) is 0. The van der Waals surface area contributed by atoms with Gasteiger partial charge in [0.1, 0.15) is 6.20 Å². The summed E-state index contributed by atoms with van der Waals surface area (Å²) < 4.78 is 0. The molecule has 57 valence electrons. The van der Waals surface area contributed by atoms with E-state index < -0.39 is 0 Å². The molecule has 4 heteroatoms. The third kappa shape index (κ3) is 1.30. The van der Waals surface area contributed by atoms with E-state index in [9.17, 15) is 0 Å². The zero-order valence-electron chi connectivity index (χ0n) is 6.09. The molecule has 1 aromatic rings. The number of hydrogen-bond acceptors (Lipinski definition) is 3. The van der Waals surface area contributed by atoms with E-state index in [1.807, 2.05) is 0 Å². The predicted octanol–water partition coefficient (Wildman–Crippen LogP) is -0.0184. The van der Waals surface area contributed by atoms with Gasteiger partial charge >= 0.3 is 0 Å². The summed E-state index contributed by atoms with van der Waals surface area (Å²) in [5, 5.41) is 13.2.